The molecule has 0 spiro atoms. The smallest absolute Gasteiger partial charge is 0.307 e. The molecule has 0 aromatic heterocycles. The van der Waals surface area contributed by atoms with Gasteiger partial charge in [0.15, 0.2) is 0 Å². The van der Waals surface area contributed by atoms with Gasteiger partial charge >= 0.3 is 5.97 Å². The third kappa shape index (κ3) is 7.21. The van der Waals surface area contributed by atoms with Crippen LogP contribution in [0, 0.1) is 11.3 Å². The molecular weight excluding hydrogens is 280 g/mol. The number of nitrogens with zero attached hydrogens (tertiary/aromatic N) is 2. The zero-order chi connectivity index (χ0) is 16.6. The minimum absolute atomic E-state index is 0.0201. The summed E-state index contributed by atoms with van der Waals surface area (Å²) in [6.45, 7) is 7.09. The number of esters is 1. The fourth-order valence-corrected chi connectivity index (χ4v) is 2.05. The number of benzene rings is 1. The Morgan fingerprint density at radius 3 is 2.68 bits per heavy atom. The Kier molecular flexibility index (Phi) is 7.03. The summed E-state index contributed by atoms with van der Waals surface area (Å²) in [5.41, 5.74) is 1.10. The fraction of sp³-hybridized carbons (Fsp3) is 0.529. The van der Waals surface area contributed by atoms with Gasteiger partial charge in [0.05, 0.1) is 24.7 Å². The maximum absolute atomic E-state index is 11.8. The summed E-state index contributed by atoms with van der Waals surface area (Å²) in [4.78, 5) is 13.7. The van der Waals surface area contributed by atoms with E-state index in [2.05, 4.69) is 6.07 Å². The van der Waals surface area contributed by atoms with Gasteiger partial charge in [-0.05, 0) is 38.5 Å². The van der Waals surface area contributed by atoms with Crippen molar-refractivity contribution in [3.05, 3.63) is 35.4 Å². The highest BCUT2D eigenvalue weighted by Crippen LogP contribution is 2.11. The zero-order valence-electron chi connectivity index (χ0n) is 13.5. The summed E-state index contributed by atoms with van der Waals surface area (Å²) in [6, 6.07) is 9.44. The van der Waals surface area contributed by atoms with Crippen LogP contribution in [0.4, 0.5) is 0 Å². The molecular formula is C17H24N2O3. The van der Waals surface area contributed by atoms with Crippen molar-refractivity contribution in [1.29, 1.82) is 5.26 Å². The van der Waals surface area contributed by atoms with Crippen molar-refractivity contribution in [3.8, 4) is 6.07 Å². The number of carbonyl (C=O) groups is 1. The van der Waals surface area contributed by atoms with Gasteiger partial charge in [-0.1, -0.05) is 12.1 Å². The topological polar surface area (TPSA) is 73.6 Å². The van der Waals surface area contributed by atoms with Crippen molar-refractivity contribution in [2.45, 2.75) is 39.3 Å². The van der Waals surface area contributed by atoms with Crippen LogP contribution in [0.3, 0.4) is 0 Å². The van der Waals surface area contributed by atoms with Crippen LogP contribution >= 0.6 is 0 Å². The number of aliphatic hydroxyl groups excluding tert-OH is 1. The molecule has 5 nitrogen and oxygen atoms in total. The maximum Gasteiger partial charge on any atom is 0.307 e. The predicted octanol–water partition coefficient (Wildman–Crippen LogP) is 2.08. The molecule has 0 saturated carbocycles. The van der Waals surface area contributed by atoms with Crippen LogP contribution in [0.2, 0.25) is 0 Å². The van der Waals surface area contributed by atoms with Gasteiger partial charge in [0, 0.05) is 19.6 Å². The SMILES string of the molecule is CC(C)(C)OC(=O)CCN(CCO)Cc1cccc(C#N)c1. The predicted molar refractivity (Wildman–Crippen MR) is 84.0 cm³/mol. The standard InChI is InChI=1S/C17H24N2O3/c1-17(2,3)22-16(21)7-8-19(9-10-20)13-15-6-4-5-14(11-15)12-18/h4-6,11,20H,7-10,13H2,1-3H3. The van der Waals surface area contributed by atoms with Gasteiger partial charge in [-0.25, -0.2) is 0 Å². The third-order valence-corrected chi connectivity index (χ3v) is 2.93. The Hall–Kier alpha value is -1.90. The van der Waals surface area contributed by atoms with E-state index in [1.54, 1.807) is 6.07 Å². The largest absolute Gasteiger partial charge is 0.460 e. The Balaban J connectivity index is 2.58. The molecule has 0 unspecified atom stereocenters. The summed E-state index contributed by atoms with van der Waals surface area (Å²) in [7, 11) is 0. The molecule has 1 aromatic carbocycles. The second-order valence-corrected chi connectivity index (χ2v) is 6.15. The summed E-state index contributed by atoms with van der Waals surface area (Å²) < 4.78 is 5.28. The van der Waals surface area contributed by atoms with Crippen molar-refractivity contribution < 1.29 is 14.6 Å². The van der Waals surface area contributed by atoms with Crippen LogP contribution in [-0.2, 0) is 16.1 Å². The first-order chi connectivity index (χ1) is 10.3. The molecule has 120 valence electrons. The summed E-state index contributed by atoms with van der Waals surface area (Å²) in [5.74, 6) is -0.249. The number of ether oxygens (including phenoxy) is 1. The first-order valence-electron chi connectivity index (χ1n) is 7.38. The lowest BCUT2D eigenvalue weighted by Gasteiger charge is -2.23. The Morgan fingerprint density at radius 1 is 1.36 bits per heavy atom. The normalized spacial score (nSPS) is 11.3. The van der Waals surface area contributed by atoms with Crippen LogP contribution in [-0.4, -0.2) is 41.3 Å². The van der Waals surface area contributed by atoms with Crippen molar-refractivity contribution in [2.24, 2.45) is 0 Å². The quantitative estimate of drug-likeness (QED) is 0.781. The van der Waals surface area contributed by atoms with Gasteiger partial charge in [-0.2, -0.15) is 5.26 Å². The lowest BCUT2D eigenvalue weighted by atomic mass is 10.1. The lowest BCUT2D eigenvalue weighted by molar-refractivity contribution is -0.155. The molecule has 0 aliphatic rings. The van der Waals surface area contributed by atoms with E-state index < -0.39 is 5.60 Å². The van der Waals surface area contributed by atoms with Crippen molar-refractivity contribution >= 4 is 5.97 Å². The highest BCUT2D eigenvalue weighted by Gasteiger charge is 2.17. The number of hydrogen-bond acceptors (Lipinski definition) is 5. The highest BCUT2D eigenvalue weighted by atomic mass is 16.6. The van der Waals surface area contributed by atoms with Gasteiger partial charge in [0.1, 0.15) is 5.60 Å². The van der Waals surface area contributed by atoms with E-state index in [1.165, 1.54) is 0 Å². The molecule has 0 radical (unpaired) electrons. The fourth-order valence-electron chi connectivity index (χ4n) is 2.05. The van der Waals surface area contributed by atoms with Gasteiger partial charge in [0.2, 0.25) is 0 Å². The first-order valence-corrected chi connectivity index (χ1v) is 7.38. The van der Waals surface area contributed by atoms with E-state index in [-0.39, 0.29) is 19.0 Å². The number of rotatable bonds is 7. The van der Waals surface area contributed by atoms with Crippen LogP contribution in [0.15, 0.2) is 24.3 Å². The molecule has 22 heavy (non-hydrogen) atoms. The van der Waals surface area contributed by atoms with E-state index >= 15 is 0 Å². The zero-order valence-corrected chi connectivity index (χ0v) is 13.5. The monoisotopic (exact) mass is 304 g/mol. The molecule has 1 aromatic rings. The molecule has 0 aliphatic carbocycles. The van der Waals surface area contributed by atoms with Gasteiger partial charge in [0.25, 0.3) is 0 Å². The maximum atomic E-state index is 11.8. The lowest BCUT2D eigenvalue weighted by Crippen LogP contribution is -2.31. The van der Waals surface area contributed by atoms with Crippen molar-refractivity contribution in [2.75, 3.05) is 19.7 Å². The average Bonchev–Trinajstić information content (AvgIpc) is 2.43. The second-order valence-electron chi connectivity index (χ2n) is 6.15. The van der Waals surface area contributed by atoms with Gasteiger partial charge < -0.3 is 9.84 Å². The Labute approximate surface area is 132 Å². The van der Waals surface area contributed by atoms with E-state index in [4.69, 9.17) is 15.1 Å². The number of aliphatic hydroxyl groups is 1. The third-order valence-electron chi connectivity index (χ3n) is 2.93. The molecule has 0 bridgehead atoms. The van der Waals surface area contributed by atoms with Crippen LogP contribution in [0.1, 0.15) is 38.3 Å². The summed E-state index contributed by atoms with van der Waals surface area (Å²) in [5, 5.41) is 18.1. The Bertz CT molecular complexity index is 529. The summed E-state index contributed by atoms with van der Waals surface area (Å²) >= 11 is 0. The first kappa shape index (κ1) is 18.1. The minimum atomic E-state index is -0.486. The van der Waals surface area contributed by atoms with Crippen molar-refractivity contribution in [1.82, 2.24) is 4.90 Å². The van der Waals surface area contributed by atoms with E-state index in [0.717, 1.165) is 5.56 Å². The van der Waals surface area contributed by atoms with E-state index in [1.807, 2.05) is 43.9 Å². The highest BCUT2D eigenvalue weighted by molar-refractivity contribution is 5.70. The van der Waals surface area contributed by atoms with Gasteiger partial charge in [-0.15, -0.1) is 0 Å². The van der Waals surface area contributed by atoms with Crippen molar-refractivity contribution in [3.63, 3.8) is 0 Å². The van der Waals surface area contributed by atoms with E-state index in [0.29, 0.717) is 25.2 Å². The molecule has 5 heteroatoms. The van der Waals surface area contributed by atoms with E-state index in [9.17, 15) is 4.79 Å². The number of nitriles is 1. The molecule has 0 saturated heterocycles. The molecule has 0 amide bonds. The van der Waals surface area contributed by atoms with Gasteiger partial charge in [-0.3, -0.25) is 9.69 Å². The second kappa shape index (κ2) is 8.52. The Morgan fingerprint density at radius 2 is 2.09 bits per heavy atom. The molecule has 0 atom stereocenters. The van der Waals surface area contributed by atoms with Crippen LogP contribution in [0.25, 0.3) is 0 Å². The number of carbonyl (C=O) groups excluding carboxylic acids is 1. The molecule has 0 fully saturated rings. The summed E-state index contributed by atoms with van der Waals surface area (Å²) in [6.07, 6.45) is 0.273. The average molecular weight is 304 g/mol. The minimum Gasteiger partial charge on any atom is -0.460 e. The molecule has 1 N–H and O–H groups in total. The molecule has 1 rings (SSSR count). The van der Waals surface area contributed by atoms with Crippen LogP contribution < -0.4 is 0 Å². The molecule has 0 aliphatic heterocycles. The molecule has 0 heterocycles. The van der Waals surface area contributed by atoms with Crippen LogP contribution in [0.5, 0.6) is 0 Å². The number of hydrogen-bond donors (Lipinski definition) is 1.